The first-order chi connectivity index (χ1) is 40.0. The molecule has 0 spiro atoms. The fourth-order valence-electron chi connectivity index (χ4n) is 10.2. The zero-order valence-corrected chi connectivity index (χ0v) is 48.1. The Morgan fingerprint density at radius 2 is 0.877 bits per heavy atom. The molecule has 0 aromatic heterocycles. The van der Waals surface area contributed by atoms with E-state index < -0.39 is 49.0 Å². The van der Waals surface area contributed by atoms with Gasteiger partial charge in [0.15, 0.2) is 6.29 Å². The van der Waals surface area contributed by atoms with Crippen LogP contribution in [-0.4, -0.2) is 76.4 Å². The summed E-state index contributed by atoms with van der Waals surface area (Å²) in [6.45, 7) is 3.96. The lowest BCUT2D eigenvalue weighted by atomic mass is 9.97. The van der Waals surface area contributed by atoms with Gasteiger partial charge in [-0.1, -0.05) is 235 Å². The Labute approximate surface area is 482 Å². The largest absolute Gasteiger partial charge is 0.497 e. The molecule has 434 valence electrons. The van der Waals surface area contributed by atoms with Crippen LogP contribution < -0.4 is 9.47 Å². The van der Waals surface area contributed by atoms with Gasteiger partial charge in [-0.15, -0.1) is 0 Å². The second kappa shape index (κ2) is 37.1. The molecule has 6 aromatic carbocycles. The summed E-state index contributed by atoms with van der Waals surface area (Å²) in [4.78, 5) is 3.45. The summed E-state index contributed by atoms with van der Waals surface area (Å²) in [6.07, 6.45) is 10.1. The third-order valence-electron chi connectivity index (χ3n) is 14.8. The van der Waals surface area contributed by atoms with Gasteiger partial charge in [-0.05, 0) is 69.6 Å². The van der Waals surface area contributed by atoms with E-state index in [9.17, 15) is 5.53 Å². The average molecular weight is 1110 g/mol. The molecule has 0 amide bonds. The molecule has 1 heterocycles. The summed E-state index contributed by atoms with van der Waals surface area (Å²) in [5.41, 5.74) is 16.3. The van der Waals surface area contributed by atoms with Crippen LogP contribution in [0.2, 0.25) is 0 Å². The molecule has 1 fully saturated rings. The monoisotopic (exact) mass is 1110 g/mol. The molecule has 13 heteroatoms. The highest BCUT2D eigenvalue weighted by molar-refractivity contribution is 5.28. The fourth-order valence-corrected chi connectivity index (χ4v) is 10.2. The van der Waals surface area contributed by atoms with Gasteiger partial charge >= 0.3 is 0 Å². The lowest BCUT2D eigenvalue weighted by molar-refractivity contribution is -0.329. The minimum absolute atomic E-state index is 0.105. The van der Waals surface area contributed by atoms with Gasteiger partial charge in [-0.2, -0.15) is 0 Å². The third kappa shape index (κ3) is 22.3. The second-order valence-corrected chi connectivity index (χ2v) is 20.9. The van der Waals surface area contributed by atoms with Crippen molar-refractivity contribution in [3.05, 3.63) is 214 Å². The summed E-state index contributed by atoms with van der Waals surface area (Å²) >= 11 is 0. The van der Waals surface area contributed by atoms with Crippen molar-refractivity contribution in [1.82, 2.24) is 0 Å². The zero-order chi connectivity index (χ0) is 56.4. The molecule has 1 saturated heterocycles. The van der Waals surface area contributed by atoms with Crippen LogP contribution in [0.5, 0.6) is 11.5 Å². The first kappa shape index (κ1) is 62.5. The fraction of sp³-hybridized carbons (Fsp3) is 0.471. The van der Waals surface area contributed by atoms with E-state index in [0.29, 0.717) is 19.6 Å². The Kier molecular flexibility index (Phi) is 28.6. The highest BCUT2D eigenvalue weighted by atomic mass is 16.7. The van der Waals surface area contributed by atoms with Crippen LogP contribution in [0.15, 0.2) is 175 Å². The number of nitrogens with zero attached hydrogens (tertiary/aromatic N) is 3. The van der Waals surface area contributed by atoms with Gasteiger partial charge in [0.05, 0.1) is 85.3 Å². The Morgan fingerprint density at radius 1 is 0.457 bits per heavy atom. The van der Waals surface area contributed by atoms with Crippen LogP contribution >= 0.6 is 0 Å². The van der Waals surface area contributed by atoms with Crippen molar-refractivity contribution in [2.45, 2.75) is 179 Å². The van der Waals surface area contributed by atoms with Crippen molar-refractivity contribution in [3.8, 4) is 11.5 Å². The van der Waals surface area contributed by atoms with E-state index in [2.05, 4.69) is 16.9 Å². The summed E-state index contributed by atoms with van der Waals surface area (Å²) in [7, 11) is 3.31. The number of ether oxygens (including phenoxy) is 10. The minimum Gasteiger partial charge on any atom is -0.497 e. The van der Waals surface area contributed by atoms with Crippen molar-refractivity contribution in [2.75, 3.05) is 27.4 Å². The summed E-state index contributed by atoms with van der Waals surface area (Å²) < 4.78 is 66.4. The molecule has 0 saturated carbocycles. The van der Waals surface area contributed by atoms with Crippen LogP contribution in [0, 0.1) is 0 Å². The summed E-state index contributed by atoms with van der Waals surface area (Å²) in [6, 6.07) is 54.9. The smallest absolute Gasteiger partial charge is 0.186 e. The van der Waals surface area contributed by atoms with E-state index in [1.54, 1.807) is 14.2 Å². The van der Waals surface area contributed by atoms with Crippen LogP contribution in [-0.2, 0) is 77.5 Å². The predicted molar refractivity (Wildman–Crippen MR) is 318 cm³/mol. The Balaban J connectivity index is 1.19. The number of hydrogen-bond acceptors (Lipinski definition) is 11. The molecule has 0 unspecified atom stereocenters. The van der Waals surface area contributed by atoms with Crippen LogP contribution in [0.25, 0.3) is 10.4 Å². The van der Waals surface area contributed by atoms with Crippen molar-refractivity contribution in [1.29, 1.82) is 0 Å². The lowest BCUT2D eigenvalue weighted by Gasteiger charge is -2.46. The molecule has 81 heavy (non-hydrogen) atoms. The Hall–Kier alpha value is -6.09. The van der Waals surface area contributed by atoms with E-state index >= 15 is 0 Å². The van der Waals surface area contributed by atoms with Crippen molar-refractivity contribution in [3.63, 3.8) is 0 Å². The number of hydrogen-bond donors (Lipinski definition) is 0. The van der Waals surface area contributed by atoms with E-state index in [-0.39, 0.29) is 39.6 Å². The van der Waals surface area contributed by atoms with Crippen molar-refractivity contribution in [2.24, 2.45) is 5.11 Å². The third-order valence-corrected chi connectivity index (χ3v) is 14.8. The first-order valence-corrected chi connectivity index (χ1v) is 29.4. The lowest BCUT2D eigenvalue weighted by Crippen LogP contribution is -2.62. The molecule has 13 nitrogen and oxygen atoms in total. The molecule has 0 N–H and O–H groups in total. The van der Waals surface area contributed by atoms with Gasteiger partial charge in [0.1, 0.15) is 35.9 Å². The van der Waals surface area contributed by atoms with Crippen molar-refractivity contribution < 1.29 is 47.4 Å². The molecule has 1 aliphatic heterocycles. The average Bonchev–Trinajstić information content (AvgIpc) is 3.55. The molecule has 0 aliphatic carbocycles. The maximum absolute atomic E-state index is 10.5. The molecule has 6 aromatic rings. The first-order valence-electron chi connectivity index (χ1n) is 29.4. The van der Waals surface area contributed by atoms with E-state index in [1.807, 2.05) is 170 Å². The SMILES string of the molecule is CCCCCCCCCCCCCC[C@@H](OCc1ccc(OC)cc1)[C@@H](OCc1ccc(OC)cc1)[C@H](CO[C@H]1O[C@H](COCc2ccccc2)[C@H](OCc2ccccc2)[C@H](OCc2ccccc2)[C@H]1OCc1ccccc1)N=[N+]=[N-]. The highest BCUT2D eigenvalue weighted by Crippen LogP contribution is 2.33. The van der Waals surface area contributed by atoms with Crippen LogP contribution in [0.4, 0.5) is 0 Å². The van der Waals surface area contributed by atoms with Gasteiger partial charge in [0.2, 0.25) is 0 Å². The van der Waals surface area contributed by atoms with Gasteiger partial charge in [0, 0.05) is 4.91 Å². The number of methoxy groups -OCH3 is 2. The number of rotatable bonds is 40. The van der Waals surface area contributed by atoms with Gasteiger partial charge in [-0.3, -0.25) is 0 Å². The van der Waals surface area contributed by atoms with Gasteiger partial charge < -0.3 is 47.4 Å². The molecule has 0 bridgehead atoms. The van der Waals surface area contributed by atoms with E-state index in [0.717, 1.165) is 64.1 Å². The van der Waals surface area contributed by atoms with Gasteiger partial charge in [0.25, 0.3) is 0 Å². The quantitative estimate of drug-likeness (QED) is 0.0158. The molecular weight excluding hydrogens is 1020 g/mol. The summed E-state index contributed by atoms with van der Waals surface area (Å²) in [5, 5.41) is 4.49. The highest BCUT2D eigenvalue weighted by Gasteiger charge is 2.49. The van der Waals surface area contributed by atoms with Crippen LogP contribution in [0.1, 0.15) is 124 Å². The maximum atomic E-state index is 10.5. The maximum Gasteiger partial charge on any atom is 0.186 e. The second-order valence-electron chi connectivity index (χ2n) is 20.9. The number of unbranched alkanes of at least 4 members (excludes halogenated alkanes) is 11. The Morgan fingerprint density at radius 3 is 1.35 bits per heavy atom. The van der Waals surface area contributed by atoms with Crippen molar-refractivity contribution >= 4 is 0 Å². The molecule has 7 rings (SSSR count). The molecule has 8 atom stereocenters. The minimum atomic E-state index is -1.05. The van der Waals surface area contributed by atoms with Gasteiger partial charge in [-0.25, -0.2) is 0 Å². The van der Waals surface area contributed by atoms with E-state index in [1.165, 1.54) is 57.8 Å². The summed E-state index contributed by atoms with van der Waals surface area (Å²) in [5.74, 6) is 1.50. The zero-order valence-electron chi connectivity index (χ0n) is 48.1. The molecule has 1 aliphatic rings. The number of azide groups is 1. The molecular formula is C68H87N3O10. The normalized spacial score (nSPS) is 18.1. The van der Waals surface area contributed by atoms with E-state index in [4.69, 9.17) is 47.4 Å². The standard InChI is InChI=1S/C68H87N3O10/c1-4-5-6-7-8-9-10-11-12-13-14-27-36-62(75-46-57-37-41-59(72-2)42-38-57)64(76-50-58-39-43-60(73-3)44-40-58)61(70-71-69)51-80-68-67(79-49-56-34-25-18-26-35-56)66(78-48-55-32-23-17-24-33-55)65(77-47-54-30-21-16-22-31-54)63(81-68)52-74-45-53-28-19-15-20-29-53/h15-26,28-35,37-44,61-68H,4-14,27,36,45-52H2,1-3H3/t61-,62+,63+,64-,65-,66-,67+,68-/m0/s1. The predicted octanol–water partition coefficient (Wildman–Crippen LogP) is 15.7. The Bertz CT molecular complexity index is 2590. The molecule has 0 radical (unpaired) electrons. The van der Waals surface area contributed by atoms with Crippen LogP contribution in [0.3, 0.4) is 0 Å². The topological polar surface area (TPSA) is 141 Å². The number of benzene rings is 6.